The van der Waals surface area contributed by atoms with E-state index in [-0.39, 0.29) is 11.9 Å². The molecule has 0 saturated carbocycles. The molecule has 29 heavy (non-hydrogen) atoms. The van der Waals surface area contributed by atoms with Gasteiger partial charge in [-0.1, -0.05) is 6.07 Å². The van der Waals surface area contributed by atoms with Crippen molar-refractivity contribution in [3.8, 4) is 11.3 Å². The minimum absolute atomic E-state index is 0.0661. The van der Waals surface area contributed by atoms with Crippen molar-refractivity contribution in [3.05, 3.63) is 42.5 Å². The SMILES string of the molecule is CC(C)(F)CN1CCC(NC(=O)c2n[nH]c3ccc(-c4cnccn4)cc23)CC1. The number of alkyl halides is 1. The largest absolute Gasteiger partial charge is 0.348 e. The van der Waals surface area contributed by atoms with Crippen LogP contribution in [0.15, 0.2) is 36.8 Å². The highest BCUT2D eigenvalue weighted by Crippen LogP contribution is 2.24. The van der Waals surface area contributed by atoms with Gasteiger partial charge in [0.25, 0.3) is 5.91 Å². The number of carbonyl (C=O) groups is 1. The Morgan fingerprint density at radius 3 is 2.79 bits per heavy atom. The molecule has 152 valence electrons. The summed E-state index contributed by atoms with van der Waals surface area (Å²) in [5.41, 5.74) is 1.58. The van der Waals surface area contributed by atoms with Crippen LogP contribution >= 0.6 is 0 Å². The van der Waals surface area contributed by atoms with Gasteiger partial charge >= 0.3 is 0 Å². The van der Waals surface area contributed by atoms with Crippen LogP contribution in [0.2, 0.25) is 0 Å². The van der Waals surface area contributed by atoms with Crippen molar-refractivity contribution in [1.29, 1.82) is 0 Å². The second kappa shape index (κ2) is 7.87. The molecule has 2 N–H and O–H groups in total. The molecule has 8 heteroatoms. The number of nitrogens with zero attached hydrogens (tertiary/aromatic N) is 4. The number of H-pyrrole nitrogens is 1. The van der Waals surface area contributed by atoms with Crippen molar-refractivity contribution in [3.63, 3.8) is 0 Å². The zero-order valence-corrected chi connectivity index (χ0v) is 16.7. The molecule has 7 nitrogen and oxygen atoms in total. The summed E-state index contributed by atoms with van der Waals surface area (Å²) in [6.07, 6.45) is 6.55. The Labute approximate surface area is 168 Å². The number of nitrogens with one attached hydrogen (secondary N) is 2. The third kappa shape index (κ3) is 4.59. The molecule has 0 radical (unpaired) electrons. The lowest BCUT2D eigenvalue weighted by atomic mass is 10.0. The zero-order valence-electron chi connectivity index (χ0n) is 16.7. The first-order chi connectivity index (χ1) is 13.9. The minimum atomic E-state index is -1.20. The number of fused-ring (bicyclic) bond motifs is 1. The summed E-state index contributed by atoms with van der Waals surface area (Å²) in [5.74, 6) is -0.197. The summed E-state index contributed by atoms with van der Waals surface area (Å²) in [7, 11) is 0. The Kier molecular flexibility index (Phi) is 5.27. The molecular formula is C21H25FN6O. The van der Waals surface area contributed by atoms with E-state index >= 15 is 0 Å². The smallest absolute Gasteiger partial charge is 0.272 e. The highest BCUT2D eigenvalue weighted by molar-refractivity contribution is 6.05. The van der Waals surface area contributed by atoms with Crippen molar-refractivity contribution in [2.24, 2.45) is 0 Å². The maximum Gasteiger partial charge on any atom is 0.272 e. The van der Waals surface area contributed by atoms with Gasteiger partial charge in [-0.25, -0.2) is 4.39 Å². The Balaban J connectivity index is 1.45. The first-order valence-corrected chi connectivity index (χ1v) is 9.86. The molecule has 1 aromatic carbocycles. The molecule has 1 saturated heterocycles. The van der Waals surface area contributed by atoms with Gasteiger partial charge in [0, 0.05) is 49.0 Å². The van der Waals surface area contributed by atoms with Gasteiger partial charge in [-0.15, -0.1) is 0 Å². The second-order valence-electron chi connectivity index (χ2n) is 8.17. The lowest BCUT2D eigenvalue weighted by molar-refractivity contribution is 0.0844. The molecule has 1 amide bonds. The lowest BCUT2D eigenvalue weighted by Crippen LogP contribution is -2.47. The number of carbonyl (C=O) groups excluding carboxylic acids is 1. The van der Waals surface area contributed by atoms with E-state index in [1.165, 1.54) is 0 Å². The van der Waals surface area contributed by atoms with E-state index in [0.717, 1.165) is 48.1 Å². The zero-order chi connectivity index (χ0) is 20.4. The number of aromatic nitrogens is 4. The summed E-state index contributed by atoms with van der Waals surface area (Å²) in [4.78, 5) is 23.4. The number of hydrogen-bond donors (Lipinski definition) is 2. The van der Waals surface area contributed by atoms with Gasteiger partial charge in [0.1, 0.15) is 5.67 Å². The summed E-state index contributed by atoms with van der Waals surface area (Å²) < 4.78 is 13.8. The molecule has 0 atom stereocenters. The molecule has 2 aromatic heterocycles. The van der Waals surface area contributed by atoms with Crippen LogP contribution in [0.1, 0.15) is 37.2 Å². The molecule has 3 aromatic rings. The van der Waals surface area contributed by atoms with E-state index in [2.05, 4.69) is 30.4 Å². The van der Waals surface area contributed by atoms with Gasteiger partial charge in [0.2, 0.25) is 0 Å². The standard InChI is InChI=1S/C21H25FN6O/c1-21(2,22)13-28-9-5-15(6-10-28)25-20(29)19-16-11-14(3-4-17(16)26-27-19)18-12-23-7-8-24-18/h3-4,7-8,11-12,15H,5-6,9-10,13H2,1-2H3,(H,25,29)(H,26,27). The van der Waals surface area contributed by atoms with Crippen LogP contribution in [0.3, 0.4) is 0 Å². The number of likely N-dealkylation sites (tertiary alicyclic amines) is 1. The summed E-state index contributed by atoms with van der Waals surface area (Å²) in [5, 5.41) is 11.0. The Hall–Kier alpha value is -2.87. The van der Waals surface area contributed by atoms with Crippen LogP contribution in [-0.2, 0) is 0 Å². The Morgan fingerprint density at radius 2 is 2.10 bits per heavy atom. The molecule has 3 heterocycles. The van der Waals surface area contributed by atoms with Crippen LogP contribution in [0, 0.1) is 0 Å². The van der Waals surface area contributed by atoms with Crippen molar-refractivity contribution in [2.75, 3.05) is 19.6 Å². The maximum absolute atomic E-state index is 13.8. The maximum atomic E-state index is 13.8. The van der Waals surface area contributed by atoms with Crippen molar-refractivity contribution in [1.82, 2.24) is 30.4 Å². The van der Waals surface area contributed by atoms with E-state index in [4.69, 9.17) is 0 Å². The van der Waals surface area contributed by atoms with Crippen molar-refractivity contribution < 1.29 is 9.18 Å². The van der Waals surface area contributed by atoms with E-state index in [0.29, 0.717) is 12.2 Å². The Bertz CT molecular complexity index is 989. The van der Waals surface area contributed by atoms with E-state index in [9.17, 15) is 9.18 Å². The van der Waals surface area contributed by atoms with Crippen LogP contribution in [0.5, 0.6) is 0 Å². The monoisotopic (exact) mass is 396 g/mol. The van der Waals surface area contributed by atoms with Crippen molar-refractivity contribution in [2.45, 2.75) is 38.4 Å². The quantitative estimate of drug-likeness (QED) is 0.692. The number of aromatic amines is 1. The van der Waals surface area contributed by atoms with Crippen LogP contribution in [-0.4, -0.2) is 62.3 Å². The molecule has 0 spiro atoms. The Morgan fingerprint density at radius 1 is 1.31 bits per heavy atom. The summed E-state index contributed by atoms with van der Waals surface area (Å²) in [6.45, 7) is 5.16. The second-order valence-corrected chi connectivity index (χ2v) is 8.17. The average molecular weight is 396 g/mol. The topological polar surface area (TPSA) is 86.8 Å². The number of rotatable bonds is 5. The molecule has 1 fully saturated rings. The minimum Gasteiger partial charge on any atom is -0.348 e. The highest BCUT2D eigenvalue weighted by Gasteiger charge is 2.27. The molecule has 1 aliphatic heterocycles. The predicted octanol–water partition coefficient (Wildman–Crippen LogP) is 2.96. The predicted molar refractivity (Wildman–Crippen MR) is 109 cm³/mol. The van der Waals surface area contributed by atoms with E-state index < -0.39 is 5.67 Å². The molecule has 4 rings (SSSR count). The third-order valence-electron chi connectivity index (χ3n) is 5.16. The summed E-state index contributed by atoms with van der Waals surface area (Å²) >= 11 is 0. The number of piperidine rings is 1. The van der Waals surface area contributed by atoms with Gasteiger partial charge in [0.15, 0.2) is 5.69 Å². The first kappa shape index (κ1) is 19.4. The van der Waals surface area contributed by atoms with E-state index in [1.807, 2.05) is 18.2 Å². The van der Waals surface area contributed by atoms with E-state index in [1.54, 1.807) is 32.4 Å². The number of amides is 1. The summed E-state index contributed by atoms with van der Waals surface area (Å²) in [6, 6.07) is 5.79. The van der Waals surface area contributed by atoms with Crippen molar-refractivity contribution >= 4 is 16.8 Å². The fraction of sp³-hybridized carbons (Fsp3) is 0.429. The van der Waals surface area contributed by atoms with Crippen LogP contribution in [0.4, 0.5) is 4.39 Å². The average Bonchev–Trinajstić information content (AvgIpc) is 3.12. The normalized spacial score (nSPS) is 16.2. The molecule has 0 unspecified atom stereocenters. The fourth-order valence-corrected chi connectivity index (χ4v) is 3.82. The molecule has 1 aliphatic rings. The van der Waals surface area contributed by atoms with Gasteiger partial charge in [0.05, 0.1) is 17.4 Å². The number of hydrogen-bond acceptors (Lipinski definition) is 5. The fourth-order valence-electron chi connectivity index (χ4n) is 3.82. The van der Waals surface area contributed by atoms with Gasteiger partial charge in [-0.3, -0.25) is 19.9 Å². The number of benzene rings is 1. The van der Waals surface area contributed by atoms with Gasteiger partial charge in [-0.05, 0) is 38.8 Å². The van der Waals surface area contributed by atoms with Crippen LogP contribution < -0.4 is 5.32 Å². The lowest BCUT2D eigenvalue weighted by Gasteiger charge is -2.34. The molecule has 0 bridgehead atoms. The number of halogens is 1. The third-order valence-corrected chi connectivity index (χ3v) is 5.16. The van der Waals surface area contributed by atoms with Crippen LogP contribution in [0.25, 0.3) is 22.2 Å². The highest BCUT2D eigenvalue weighted by atomic mass is 19.1. The molecular weight excluding hydrogens is 371 g/mol. The van der Waals surface area contributed by atoms with Gasteiger partial charge < -0.3 is 10.2 Å². The van der Waals surface area contributed by atoms with Gasteiger partial charge in [-0.2, -0.15) is 5.10 Å². The molecule has 0 aliphatic carbocycles. The first-order valence-electron chi connectivity index (χ1n) is 9.86.